The second-order valence-corrected chi connectivity index (χ2v) is 11.5. The average Bonchev–Trinajstić information content (AvgIpc) is 3.45. The van der Waals surface area contributed by atoms with E-state index < -0.39 is 12.0 Å². The summed E-state index contributed by atoms with van der Waals surface area (Å²) >= 11 is 6.85. The Kier molecular flexibility index (Phi) is 8.59. The molecule has 43 heavy (non-hydrogen) atoms. The van der Waals surface area contributed by atoms with E-state index in [-0.39, 0.29) is 12.7 Å². The summed E-state index contributed by atoms with van der Waals surface area (Å²) in [5.74, 6) is 0.260. The minimum absolute atomic E-state index is 0.162. The average molecular weight is 594 g/mol. The van der Waals surface area contributed by atoms with Crippen LogP contribution in [-0.4, -0.2) is 33.5 Å². The van der Waals surface area contributed by atoms with E-state index in [1.165, 1.54) is 22.9 Å². The second-order valence-electron chi connectivity index (χ2n) is 11.1. The Morgan fingerprint density at radius 1 is 1.05 bits per heavy atom. The minimum atomic E-state index is -0.817. The number of hydrogen-bond donors (Lipinski definition) is 1. The maximum absolute atomic E-state index is 12.0. The number of nitriles is 1. The molecule has 2 atom stereocenters. The number of aliphatic carboxylic acids is 1. The van der Waals surface area contributed by atoms with Gasteiger partial charge < -0.3 is 14.6 Å². The normalized spacial score (nSPS) is 18.0. The molecule has 4 aromatic rings. The van der Waals surface area contributed by atoms with Crippen molar-refractivity contribution in [2.24, 2.45) is 0 Å². The highest BCUT2D eigenvalue weighted by atomic mass is 35.5. The van der Waals surface area contributed by atoms with Crippen molar-refractivity contribution in [3.8, 4) is 28.7 Å². The molecule has 0 amide bonds. The van der Waals surface area contributed by atoms with E-state index in [9.17, 15) is 15.2 Å². The van der Waals surface area contributed by atoms with Gasteiger partial charge in [-0.15, -0.1) is 0 Å². The topological polar surface area (TPSA) is 95.7 Å². The molecule has 1 aliphatic heterocycles. The molecule has 1 unspecified atom stereocenters. The molecule has 218 valence electrons. The summed E-state index contributed by atoms with van der Waals surface area (Å²) in [5, 5.41) is 19.6. The summed E-state index contributed by atoms with van der Waals surface area (Å²) < 4.78 is 12.9. The van der Waals surface area contributed by atoms with Crippen molar-refractivity contribution in [3.63, 3.8) is 0 Å². The third-order valence-corrected chi connectivity index (χ3v) is 8.57. The largest absolute Gasteiger partial charge is 0.488 e. The van der Waals surface area contributed by atoms with Gasteiger partial charge >= 0.3 is 5.97 Å². The zero-order valence-electron chi connectivity index (χ0n) is 23.7. The van der Waals surface area contributed by atoms with E-state index in [2.05, 4.69) is 53.5 Å². The number of hydrogen-bond acceptors (Lipinski definition) is 6. The van der Waals surface area contributed by atoms with Crippen molar-refractivity contribution in [2.75, 3.05) is 6.54 Å². The molecule has 6 rings (SSSR count). The van der Waals surface area contributed by atoms with E-state index in [1.807, 2.05) is 23.1 Å². The van der Waals surface area contributed by atoms with Gasteiger partial charge in [-0.3, -0.25) is 14.7 Å². The second kappa shape index (κ2) is 12.9. The number of carbonyl (C=O) groups is 1. The van der Waals surface area contributed by atoms with Gasteiger partial charge in [0, 0.05) is 36.1 Å². The highest BCUT2D eigenvalue weighted by molar-refractivity contribution is 6.32. The molecule has 0 bridgehead atoms. The van der Waals surface area contributed by atoms with Gasteiger partial charge in [-0.2, -0.15) is 5.26 Å². The molecule has 2 heterocycles. The number of aromatic nitrogens is 1. The van der Waals surface area contributed by atoms with Crippen molar-refractivity contribution in [2.45, 2.75) is 57.4 Å². The molecule has 3 aromatic carbocycles. The lowest BCUT2D eigenvalue weighted by atomic mass is 9.97. The van der Waals surface area contributed by atoms with E-state index in [0.29, 0.717) is 41.6 Å². The zero-order chi connectivity index (χ0) is 29.8. The van der Waals surface area contributed by atoms with Crippen LogP contribution in [0.1, 0.15) is 59.6 Å². The summed E-state index contributed by atoms with van der Waals surface area (Å²) in [6.45, 7) is 1.25. The fourth-order valence-corrected chi connectivity index (χ4v) is 6.40. The number of nitrogens with zero attached hydrogens (tertiary/aromatic N) is 3. The zero-order valence-corrected chi connectivity index (χ0v) is 24.5. The first kappa shape index (κ1) is 28.7. The fraction of sp³-hybridized carbons (Fsp3) is 0.286. The Balaban J connectivity index is 1.30. The maximum Gasteiger partial charge on any atom is 0.320 e. The number of rotatable bonds is 9. The van der Waals surface area contributed by atoms with E-state index in [4.69, 9.17) is 21.1 Å². The van der Waals surface area contributed by atoms with Crippen LogP contribution in [0.3, 0.4) is 0 Å². The standard InChI is InChI=1S/C35H32ClN3O4/c36-30-16-26(21-39-14-5-4-11-31(39)35(40)41)33(42-22-24-15-23(18-37)19-38-20-24)17-34(30)43-32-13-12-28-27(9-6-10-29(28)32)25-7-2-1-3-8-25/h1-3,6-10,15-17,19-20,31-32H,4-5,11-14,21-22H2,(H,40,41)/t31-,32?/m0/s1. The van der Waals surface area contributed by atoms with Crippen LogP contribution in [0.4, 0.5) is 0 Å². The quantitative estimate of drug-likeness (QED) is 0.217. The molecular formula is C35H32ClN3O4. The summed E-state index contributed by atoms with van der Waals surface area (Å²) in [6.07, 6.45) is 7.18. The molecule has 1 saturated heterocycles. The van der Waals surface area contributed by atoms with Gasteiger partial charge in [-0.25, -0.2) is 0 Å². The van der Waals surface area contributed by atoms with E-state index >= 15 is 0 Å². The number of carboxylic acid groups (broad SMARTS) is 1. The summed E-state index contributed by atoms with van der Waals surface area (Å²) in [6, 6.07) is 23.7. The number of halogens is 1. The van der Waals surface area contributed by atoms with Crippen LogP contribution >= 0.6 is 11.6 Å². The van der Waals surface area contributed by atoms with Gasteiger partial charge in [0.05, 0.1) is 10.6 Å². The maximum atomic E-state index is 12.0. The molecule has 1 fully saturated rings. The van der Waals surface area contributed by atoms with Crippen LogP contribution in [0.25, 0.3) is 11.1 Å². The predicted molar refractivity (Wildman–Crippen MR) is 164 cm³/mol. The third kappa shape index (κ3) is 6.36. The van der Waals surface area contributed by atoms with Crippen LogP contribution in [0.15, 0.2) is 79.1 Å². The lowest BCUT2D eigenvalue weighted by Crippen LogP contribution is -2.44. The predicted octanol–water partition coefficient (Wildman–Crippen LogP) is 7.36. The molecular weight excluding hydrogens is 562 g/mol. The number of carboxylic acids is 1. The highest BCUT2D eigenvalue weighted by Crippen LogP contribution is 2.43. The Morgan fingerprint density at radius 2 is 1.91 bits per heavy atom. The number of piperidine rings is 1. The van der Waals surface area contributed by atoms with Crippen molar-refractivity contribution in [1.29, 1.82) is 5.26 Å². The van der Waals surface area contributed by atoms with Crippen LogP contribution in [-0.2, 0) is 24.4 Å². The molecule has 1 N–H and O–H groups in total. The van der Waals surface area contributed by atoms with Gasteiger partial charge in [0.15, 0.2) is 0 Å². The first-order valence-corrected chi connectivity index (χ1v) is 15.0. The lowest BCUT2D eigenvalue weighted by Gasteiger charge is -2.33. The lowest BCUT2D eigenvalue weighted by molar-refractivity contribution is -0.144. The van der Waals surface area contributed by atoms with Crippen LogP contribution < -0.4 is 9.47 Å². The molecule has 0 saturated carbocycles. The Bertz CT molecular complexity index is 1670. The van der Waals surface area contributed by atoms with Crippen molar-refractivity contribution in [1.82, 2.24) is 9.88 Å². The van der Waals surface area contributed by atoms with Gasteiger partial charge in [0.2, 0.25) is 0 Å². The first-order chi connectivity index (χ1) is 21.0. The van der Waals surface area contributed by atoms with Gasteiger partial charge in [0.1, 0.15) is 36.3 Å². The molecule has 0 spiro atoms. The highest BCUT2D eigenvalue weighted by Gasteiger charge is 2.30. The van der Waals surface area contributed by atoms with Crippen LogP contribution in [0.5, 0.6) is 11.5 Å². The van der Waals surface area contributed by atoms with Crippen molar-refractivity contribution in [3.05, 3.63) is 112 Å². The molecule has 7 nitrogen and oxygen atoms in total. The molecule has 1 aromatic heterocycles. The number of fused-ring (bicyclic) bond motifs is 1. The number of benzene rings is 3. The van der Waals surface area contributed by atoms with Gasteiger partial charge in [-0.1, -0.05) is 66.6 Å². The third-order valence-electron chi connectivity index (χ3n) is 8.28. The Labute approximate surface area is 256 Å². The molecule has 0 radical (unpaired) electrons. The van der Waals surface area contributed by atoms with Gasteiger partial charge in [0.25, 0.3) is 0 Å². The van der Waals surface area contributed by atoms with Crippen LogP contribution in [0, 0.1) is 11.3 Å². The first-order valence-electron chi connectivity index (χ1n) is 14.6. The minimum Gasteiger partial charge on any atom is -0.488 e. The Hall–Kier alpha value is -4.38. The van der Waals surface area contributed by atoms with Gasteiger partial charge in [-0.05, 0) is 66.6 Å². The molecule has 8 heteroatoms. The number of ether oxygens (including phenoxy) is 2. The van der Waals surface area contributed by atoms with Crippen LogP contribution in [0.2, 0.25) is 5.02 Å². The smallest absolute Gasteiger partial charge is 0.320 e. The monoisotopic (exact) mass is 593 g/mol. The molecule has 1 aliphatic carbocycles. The summed E-state index contributed by atoms with van der Waals surface area (Å²) in [5.41, 5.74) is 6.84. The SMILES string of the molecule is N#Cc1cncc(COc2cc(OC3CCc4c(-c5ccccc5)cccc43)c(Cl)cc2CN2CCCC[C@H]2C(=O)O)c1. The Morgan fingerprint density at radius 3 is 2.72 bits per heavy atom. The summed E-state index contributed by atoms with van der Waals surface area (Å²) in [4.78, 5) is 18.1. The van der Waals surface area contributed by atoms with Crippen molar-refractivity contribution < 1.29 is 19.4 Å². The van der Waals surface area contributed by atoms with E-state index in [0.717, 1.165) is 42.4 Å². The van der Waals surface area contributed by atoms with Crippen molar-refractivity contribution >= 4 is 17.6 Å². The summed E-state index contributed by atoms with van der Waals surface area (Å²) in [7, 11) is 0. The number of likely N-dealkylation sites (tertiary alicyclic amines) is 1. The molecule has 2 aliphatic rings. The fourth-order valence-electron chi connectivity index (χ4n) is 6.17. The number of pyridine rings is 1. The van der Waals surface area contributed by atoms with E-state index in [1.54, 1.807) is 12.3 Å².